The maximum absolute atomic E-state index is 10.9. The number of oxazole rings is 1. The first-order chi connectivity index (χ1) is 11.6. The van der Waals surface area contributed by atoms with Crippen molar-refractivity contribution in [1.82, 2.24) is 9.97 Å². The van der Waals surface area contributed by atoms with Gasteiger partial charge in [-0.15, -0.1) is 0 Å². The summed E-state index contributed by atoms with van der Waals surface area (Å²) in [7, 11) is -2.00. The van der Waals surface area contributed by atoms with Gasteiger partial charge in [0, 0.05) is 6.07 Å². The van der Waals surface area contributed by atoms with Crippen LogP contribution in [0.15, 0.2) is 22.7 Å². The molecular weight excluding hydrogens is 336 g/mol. The van der Waals surface area contributed by atoms with Crippen molar-refractivity contribution < 1.29 is 9.34 Å². The third-order valence-electron chi connectivity index (χ3n) is 5.09. The van der Waals surface area contributed by atoms with Crippen LogP contribution in [0.1, 0.15) is 41.5 Å². The molecule has 2 N–H and O–H groups in total. The van der Waals surface area contributed by atoms with Gasteiger partial charge >= 0.3 is 5.69 Å². The maximum Gasteiger partial charge on any atom is 0.311 e. The number of nitrogen functional groups attached to an aromatic ring is 1. The molecule has 8 heteroatoms. The van der Waals surface area contributed by atoms with Gasteiger partial charge in [-0.25, -0.2) is 9.97 Å². The molecule has 0 fully saturated rings. The van der Waals surface area contributed by atoms with Crippen molar-refractivity contribution >= 4 is 25.1 Å². The van der Waals surface area contributed by atoms with E-state index in [1.807, 2.05) is 0 Å². The molecule has 2 heterocycles. The molecule has 0 radical (unpaired) electrons. The molecule has 0 amide bonds. The Morgan fingerprint density at radius 1 is 1.12 bits per heavy atom. The SMILES string of the molecule is CC(C)[Si](c1ncc(-c2ccc([N+](=O)[O-])c(N)n2)o1)(C(C)C)C(C)C. The van der Waals surface area contributed by atoms with E-state index in [9.17, 15) is 10.1 Å². The number of nitrogens with two attached hydrogens (primary N) is 1. The van der Waals surface area contributed by atoms with Gasteiger partial charge < -0.3 is 10.2 Å². The topological polar surface area (TPSA) is 108 Å². The van der Waals surface area contributed by atoms with E-state index in [0.29, 0.717) is 28.1 Å². The summed E-state index contributed by atoms with van der Waals surface area (Å²) in [5.74, 6) is 0.371. The summed E-state index contributed by atoms with van der Waals surface area (Å²) in [6.07, 6.45) is 1.65. The lowest BCUT2D eigenvalue weighted by molar-refractivity contribution is -0.384. The zero-order valence-corrected chi connectivity index (χ0v) is 16.6. The fraction of sp³-hybridized carbons (Fsp3) is 0.529. The van der Waals surface area contributed by atoms with E-state index in [0.717, 1.165) is 5.51 Å². The van der Waals surface area contributed by atoms with E-state index >= 15 is 0 Å². The molecule has 0 aromatic carbocycles. The second kappa shape index (κ2) is 6.95. The Morgan fingerprint density at radius 2 is 1.68 bits per heavy atom. The van der Waals surface area contributed by atoms with Gasteiger partial charge in [0.25, 0.3) is 0 Å². The van der Waals surface area contributed by atoms with Crippen molar-refractivity contribution in [3.8, 4) is 11.5 Å². The summed E-state index contributed by atoms with van der Waals surface area (Å²) in [5.41, 5.74) is 8.15. The second-order valence-corrected chi connectivity index (χ2v) is 13.0. The van der Waals surface area contributed by atoms with Gasteiger partial charge in [0.05, 0.1) is 11.1 Å². The van der Waals surface area contributed by atoms with Crippen LogP contribution in [-0.4, -0.2) is 23.0 Å². The highest BCUT2D eigenvalue weighted by atomic mass is 28.3. The summed E-state index contributed by atoms with van der Waals surface area (Å²) in [5, 5.41) is 10.9. The average molecular weight is 363 g/mol. The number of hydrogen-bond acceptors (Lipinski definition) is 6. The number of nitro groups is 1. The van der Waals surface area contributed by atoms with Gasteiger partial charge in [-0.1, -0.05) is 41.5 Å². The zero-order chi connectivity index (χ0) is 18.9. The molecule has 0 aliphatic heterocycles. The van der Waals surface area contributed by atoms with Gasteiger partial charge in [-0.2, -0.15) is 0 Å². The van der Waals surface area contributed by atoms with Crippen molar-refractivity contribution in [1.29, 1.82) is 0 Å². The molecule has 0 bridgehead atoms. The van der Waals surface area contributed by atoms with Crippen molar-refractivity contribution in [2.75, 3.05) is 5.73 Å². The fourth-order valence-electron chi connectivity index (χ4n) is 4.09. The van der Waals surface area contributed by atoms with Gasteiger partial charge in [-0.3, -0.25) is 10.1 Å². The number of nitrogens with zero attached hydrogens (tertiary/aromatic N) is 3. The van der Waals surface area contributed by atoms with Crippen molar-refractivity contribution in [2.24, 2.45) is 0 Å². The van der Waals surface area contributed by atoms with Crippen LogP contribution in [0.2, 0.25) is 16.6 Å². The lowest BCUT2D eigenvalue weighted by Gasteiger charge is -2.39. The van der Waals surface area contributed by atoms with Crippen LogP contribution in [0.3, 0.4) is 0 Å². The first-order valence-corrected chi connectivity index (χ1v) is 10.7. The minimum absolute atomic E-state index is 0.125. The Labute approximate surface area is 148 Å². The van der Waals surface area contributed by atoms with E-state index in [1.54, 1.807) is 12.3 Å². The quantitative estimate of drug-likeness (QED) is 0.470. The Balaban J connectivity index is 2.52. The van der Waals surface area contributed by atoms with Crippen molar-refractivity contribution in [3.05, 3.63) is 28.4 Å². The third kappa shape index (κ3) is 3.18. The lowest BCUT2D eigenvalue weighted by atomic mass is 10.3. The Hall–Kier alpha value is -2.22. The molecule has 2 aromatic rings. The van der Waals surface area contributed by atoms with Crippen molar-refractivity contribution in [2.45, 2.75) is 58.2 Å². The van der Waals surface area contributed by atoms with Crippen molar-refractivity contribution in [3.63, 3.8) is 0 Å². The summed E-state index contributed by atoms with van der Waals surface area (Å²) in [4.78, 5) is 19.0. The smallest absolute Gasteiger partial charge is 0.311 e. The Kier molecular flexibility index (Phi) is 5.31. The van der Waals surface area contributed by atoms with E-state index in [4.69, 9.17) is 10.2 Å². The normalized spacial score (nSPS) is 12.4. The Bertz CT molecular complexity index is 749. The van der Waals surface area contributed by atoms with E-state index < -0.39 is 13.0 Å². The molecule has 2 aromatic heterocycles. The van der Waals surface area contributed by atoms with E-state index in [1.165, 1.54) is 6.07 Å². The minimum atomic E-state index is -2.00. The summed E-state index contributed by atoms with van der Waals surface area (Å²) in [6.45, 7) is 13.4. The number of hydrogen-bond donors (Lipinski definition) is 1. The zero-order valence-electron chi connectivity index (χ0n) is 15.6. The molecule has 0 aliphatic carbocycles. The standard InChI is InChI=1S/C17H26N4O3Si/c1-10(2)25(11(3)4,12(5)6)17-19-9-15(24-17)13-7-8-14(21(22)23)16(18)20-13/h7-12H,1-6H3,(H2,18,20). The first kappa shape index (κ1) is 19.1. The molecule has 0 unspecified atom stereocenters. The molecule has 0 aliphatic rings. The summed E-state index contributed by atoms with van der Waals surface area (Å²) in [6, 6.07) is 2.89. The molecule has 0 spiro atoms. The average Bonchev–Trinajstić information content (AvgIpc) is 2.96. The van der Waals surface area contributed by atoms with Crippen LogP contribution in [0, 0.1) is 10.1 Å². The van der Waals surface area contributed by atoms with Gasteiger partial charge in [0.1, 0.15) is 5.69 Å². The molecule has 7 nitrogen and oxygen atoms in total. The molecular formula is C17H26N4O3Si. The number of anilines is 1. The monoisotopic (exact) mass is 362 g/mol. The van der Waals surface area contributed by atoms with Gasteiger partial charge in [0.2, 0.25) is 5.82 Å². The van der Waals surface area contributed by atoms with E-state index in [2.05, 4.69) is 51.5 Å². The molecule has 0 saturated carbocycles. The molecule has 136 valence electrons. The van der Waals surface area contributed by atoms with Crippen LogP contribution in [0.25, 0.3) is 11.5 Å². The highest BCUT2D eigenvalue weighted by molar-refractivity contribution is 6.93. The number of aromatic nitrogens is 2. The third-order valence-corrected chi connectivity index (χ3v) is 11.8. The molecule has 2 rings (SSSR count). The lowest BCUT2D eigenvalue weighted by Crippen LogP contribution is -2.56. The second-order valence-electron chi connectivity index (χ2n) is 7.28. The number of pyridine rings is 1. The van der Waals surface area contributed by atoms with Gasteiger partial charge in [-0.05, 0) is 22.7 Å². The van der Waals surface area contributed by atoms with Crippen LogP contribution in [0.4, 0.5) is 11.5 Å². The predicted molar refractivity (Wildman–Crippen MR) is 101 cm³/mol. The summed E-state index contributed by atoms with van der Waals surface area (Å²) >= 11 is 0. The largest absolute Gasteiger partial charge is 0.444 e. The van der Waals surface area contributed by atoms with Crippen LogP contribution in [0.5, 0.6) is 0 Å². The highest BCUT2D eigenvalue weighted by Gasteiger charge is 2.49. The number of rotatable bonds is 6. The van der Waals surface area contributed by atoms with Gasteiger partial charge in [0.15, 0.2) is 19.3 Å². The van der Waals surface area contributed by atoms with Crippen LogP contribution in [-0.2, 0) is 0 Å². The van der Waals surface area contributed by atoms with E-state index in [-0.39, 0.29) is 11.5 Å². The Morgan fingerprint density at radius 3 is 2.12 bits per heavy atom. The molecule has 0 atom stereocenters. The minimum Gasteiger partial charge on any atom is -0.444 e. The fourth-order valence-corrected chi connectivity index (χ4v) is 10.1. The molecule has 0 saturated heterocycles. The highest BCUT2D eigenvalue weighted by Crippen LogP contribution is 2.41. The predicted octanol–water partition coefficient (Wildman–Crippen LogP) is 4.11. The summed E-state index contributed by atoms with van der Waals surface area (Å²) < 4.78 is 6.14. The maximum atomic E-state index is 10.9. The van der Waals surface area contributed by atoms with Crippen LogP contribution >= 0.6 is 0 Å². The molecule has 25 heavy (non-hydrogen) atoms. The van der Waals surface area contributed by atoms with Crippen LogP contribution < -0.4 is 11.2 Å². The first-order valence-electron chi connectivity index (χ1n) is 8.49.